The highest BCUT2D eigenvalue weighted by Gasteiger charge is 2.26. The largest absolute Gasteiger partial charge is 0.368 e. The van der Waals surface area contributed by atoms with E-state index in [0.717, 1.165) is 39.1 Å². The van der Waals surface area contributed by atoms with E-state index in [1.54, 1.807) is 6.92 Å². The average molecular weight is 270 g/mol. The molecule has 0 bridgehead atoms. The van der Waals surface area contributed by atoms with E-state index in [1.165, 1.54) is 6.42 Å². The summed E-state index contributed by atoms with van der Waals surface area (Å²) in [6.07, 6.45) is 2.80. The molecular weight excluding hydrogens is 240 g/mol. The number of carbonyl (C=O) groups excluding carboxylic acids is 1. The van der Waals surface area contributed by atoms with Crippen molar-refractivity contribution in [3.05, 3.63) is 0 Å². The molecule has 2 unspecified atom stereocenters. The first-order valence-corrected chi connectivity index (χ1v) is 7.42. The van der Waals surface area contributed by atoms with Gasteiger partial charge in [0, 0.05) is 32.2 Å². The van der Waals surface area contributed by atoms with Gasteiger partial charge in [0.05, 0.1) is 5.54 Å². The van der Waals surface area contributed by atoms with Crippen LogP contribution in [0.25, 0.3) is 0 Å². The summed E-state index contributed by atoms with van der Waals surface area (Å²) < 4.78 is 0. The molecule has 1 saturated heterocycles. The van der Waals surface area contributed by atoms with Gasteiger partial charge in [0.1, 0.15) is 0 Å². The molecule has 0 spiro atoms. The Morgan fingerprint density at radius 1 is 1.32 bits per heavy atom. The lowest BCUT2D eigenvalue weighted by Gasteiger charge is -2.38. The predicted octanol–water partition coefficient (Wildman–Crippen LogP) is 0.385. The zero-order chi connectivity index (χ0) is 14.5. The minimum Gasteiger partial charge on any atom is -0.368 e. The maximum Gasteiger partial charge on any atom is 0.237 e. The van der Waals surface area contributed by atoms with Crippen LogP contribution in [0, 0.1) is 0 Å². The number of hydrogen-bond acceptors (Lipinski definition) is 4. The molecule has 1 aliphatic rings. The van der Waals surface area contributed by atoms with Crippen molar-refractivity contribution in [1.29, 1.82) is 0 Å². The molecule has 1 rings (SSSR count). The second kappa shape index (κ2) is 7.22. The van der Waals surface area contributed by atoms with Gasteiger partial charge >= 0.3 is 0 Å². The molecule has 0 radical (unpaired) electrons. The molecule has 5 heteroatoms. The minimum absolute atomic E-state index is 0.408. The SMILES string of the molecule is CCC(C)N1CCN(CCCC(C)(N)C(N)=O)CC1. The zero-order valence-electron chi connectivity index (χ0n) is 12.7. The smallest absolute Gasteiger partial charge is 0.237 e. The van der Waals surface area contributed by atoms with Gasteiger partial charge in [0.2, 0.25) is 5.91 Å². The first kappa shape index (κ1) is 16.4. The molecular formula is C14H30N4O. The van der Waals surface area contributed by atoms with Gasteiger partial charge in [-0.1, -0.05) is 6.92 Å². The van der Waals surface area contributed by atoms with Crippen molar-refractivity contribution in [3.63, 3.8) is 0 Å². The molecule has 1 amide bonds. The van der Waals surface area contributed by atoms with Crippen molar-refractivity contribution in [2.75, 3.05) is 32.7 Å². The fourth-order valence-electron chi connectivity index (χ4n) is 2.48. The monoisotopic (exact) mass is 270 g/mol. The van der Waals surface area contributed by atoms with Crippen LogP contribution in [0.1, 0.15) is 40.0 Å². The van der Waals surface area contributed by atoms with Gasteiger partial charge in [-0.3, -0.25) is 9.69 Å². The van der Waals surface area contributed by atoms with Crippen molar-refractivity contribution in [1.82, 2.24) is 9.80 Å². The molecule has 4 N–H and O–H groups in total. The van der Waals surface area contributed by atoms with Crippen molar-refractivity contribution >= 4 is 5.91 Å². The lowest BCUT2D eigenvalue weighted by molar-refractivity contribution is -0.122. The maximum atomic E-state index is 11.1. The van der Waals surface area contributed by atoms with E-state index in [0.29, 0.717) is 12.5 Å². The Hall–Kier alpha value is -0.650. The Kier molecular flexibility index (Phi) is 6.23. The van der Waals surface area contributed by atoms with E-state index < -0.39 is 11.4 Å². The van der Waals surface area contributed by atoms with Crippen LogP contribution in [0.15, 0.2) is 0 Å². The van der Waals surface area contributed by atoms with Gasteiger partial charge in [-0.2, -0.15) is 0 Å². The van der Waals surface area contributed by atoms with Crippen molar-refractivity contribution in [3.8, 4) is 0 Å². The predicted molar refractivity (Wildman–Crippen MR) is 78.8 cm³/mol. The normalized spacial score (nSPS) is 22.9. The van der Waals surface area contributed by atoms with E-state index >= 15 is 0 Å². The Morgan fingerprint density at radius 3 is 2.37 bits per heavy atom. The third kappa shape index (κ3) is 5.09. The van der Waals surface area contributed by atoms with Crippen LogP contribution in [0.4, 0.5) is 0 Å². The van der Waals surface area contributed by atoms with Crippen molar-refractivity contribution in [2.45, 2.75) is 51.6 Å². The summed E-state index contributed by atoms with van der Waals surface area (Å²) in [7, 11) is 0. The summed E-state index contributed by atoms with van der Waals surface area (Å²) in [5, 5.41) is 0. The first-order chi connectivity index (χ1) is 8.86. The molecule has 0 saturated carbocycles. The molecule has 0 aromatic rings. The number of rotatable bonds is 7. The highest BCUT2D eigenvalue weighted by Crippen LogP contribution is 2.12. The topological polar surface area (TPSA) is 75.6 Å². The van der Waals surface area contributed by atoms with E-state index in [-0.39, 0.29) is 0 Å². The van der Waals surface area contributed by atoms with E-state index in [2.05, 4.69) is 23.6 Å². The second-order valence-electron chi connectivity index (χ2n) is 6.02. The molecule has 0 aromatic heterocycles. The summed E-state index contributed by atoms with van der Waals surface area (Å²) in [6.45, 7) is 11.8. The van der Waals surface area contributed by atoms with E-state index in [9.17, 15) is 4.79 Å². The van der Waals surface area contributed by atoms with E-state index in [4.69, 9.17) is 11.5 Å². The molecule has 1 fully saturated rings. The number of amides is 1. The fraction of sp³-hybridized carbons (Fsp3) is 0.929. The molecule has 0 aromatic carbocycles. The summed E-state index contributed by atoms with van der Waals surface area (Å²) in [6, 6.07) is 0.685. The number of nitrogens with two attached hydrogens (primary N) is 2. The standard InChI is InChI=1S/C14H30N4O/c1-4-12(2)18-10-8-17(9-11-18)7-5-6-14(3,16)13(15)19/h12H,4-11,16H2,1-3H3,(H2,15,19). The van der Waals surface area contributed by atoms with Gasteiger partial charge in [0.15, 0.2) is 0 Å². The molecule has 112 valence electrons. The average Bonchev–Trinajstić information content (AvgIpc) is 2.38. The van der Waals surface area contributed by atoms with Gasteiger partial charge in [-0.25, -0.2) is 0 Å². The maximum absolute atomic E-state index is 11.1. The summed E-state index contributed by atoms with van der Waals surface area (Å²) in [4.78, 5) is 16.1. The van der Waals surface area contributed by atoms with Crippen molar-refractivity contribution < 1.29 is 4.79 Å². The van der Waals surface area contributed by atoms with Gasteiger partial charge in [-0.05, 0) is 39.7 Å². The molecule has 0 aliphatic carbocycles. The molecule has 5 nitrogen and oxygen atoms in total. The third-order valence-corrected chi connectivity index (χ3v) is 4.35. The third-order valence-electron chi connectivity index (χ3n) is 4.35. The molecule has 1 heterocycles. The van der Waals surface area contributed by atoms with Crippen LogP contribution in [0.5, 0.6) is 0 Å². The number of piperazine rings is 1. The number of hydrogen-bond donors (Lipinski definition) is 2. The van der Waals surface area contributed by atoms with Crippen LogP contribution in [-0.2, 0) is 4.79 Å². The van der Waals surface area contributed by atoms with Crippen molar-refractivity contribution in [2.24, 2.45) is 11.5 Å². The van der Waals surface area contributed by atoms with Crippen LogP contribution >= 0.6 is 0 Å². The lowest BCUT2D eigenvalue weighted by Crippen LogP contribution is -2.51. The Balaban J connectivity index is 2.22. The lowest BCUT2D eigenvalue weighted by atomic mass is 9.96. The Morgan fingerprint density at radius 2 is 1.89 bits per heavy atom. The highest BCUT2D eigenvalue weighted by atomic mass is 16.1. The number of carbonyl (C=O) groups is 1. The van der Waals surface area contributed by atoms with Crippen LogP contribution < -0.4 is 11.5 Å². The minimum atomic E-state index is -0.863. The highest BCUT2D eigenvalue weighted by molar-refractivity contribution is 5.83. The summed E-state index contributed by atoms with van der Waals surface area (Å²) >= 11 is 0. The number of primary amides is 1. The van der Waals surface area contributed by atoms with Crippen LogP contribution in [-0.4, -0.2) is 60.0 Å². The fourth-order valence-corrected chi connectivity index (χ4v) is 2.48. The van der Waals surface area contributed by atoms with Crippen LogP contribution in [0.2, 0.25) is 0 Å². The quantitative estimate of drug-likeness (QED) is 0.701. The zero-order valence-corrected chi connectivity index (χ0v) is 12.7. The molecule has 19 heavy (non-hydrogen) atoms. The Bertz CT molecular complexity index is 285. The van der Waals surface area contributed by atoms with E-state index in [1.807, 2.05) is 0 Å². The second-order valence-corrected chi connectivity index (χ2v) is 6.02. The molecule has 2 atom stereocenters. The number of nitrogens with zero attached hydrogens (tertiary/aromatic N) is 2. The van der Waals surface area contributed by atoms with Gasteiger partial charge < -0.3 is 16.4 Å². The van der Waals surface area contributed by atoms with Gasteiger partial charge in [0.25, 0.3) is 0 Å². The summed E-state index contributed by atoms with van der Waals surface area (Å²) in [5.74, 6) is -0.408. The van der Waals surface area contributed by atoms with Gasteiger partial charge in [-0.15, -0.1) is 0 Å². The summed E-state index contributed by atoms with van der Waals surface area (Å²) in [5.41, 5.74) is 10.3. The molecule has 1 aliphatic heterocycles. The first-order valence-electron chi connectivity index (χ1n) is 7.42. The van der Waals surface area contributed by atoms with Crippen LogP contribution in [0.3, 0.4) is 0 Å². The Labute approximate surface area is 117 Å².